The number of amides is 2. The van der Waals surface area contributed by atoms with Gasteiger partial charge in [-0.2, -0.15) is 5.10 Å². The van der Waals surface area contributed by atoms with Crippen LogP contribution in [0, 0.1) is 12.8 Å². The van der Waals surface area contributed by atoms with Crippen LogP contribution in [0.25, 0.3) is 11.3 Å². The molecule has 0 aliphatic carbocycles. The van der Waals surface area contributed by atoms with Crippen molar-refractivity contribution in [1.82, 2.24) is 10.7 Å². The van der Waals surface area contributed by atoms with Gasteiger partial charge in [0.2, 0.25) is 6.79 Å². The van der Waals surface area contributed by atoms with Crippen LogP contribution in [0.4, 0.5) is 0 Å². The molecule has 0 fully saturated rings. The molecule has 1 aliphatic rings. The number of hydrogen-bond donors (Lipinski definition) is 2. The summed E-state index contributed by atoms with van der Waals surface area (Å²) in [6, 6.07) is 13.7. The van der Waals surface area contributed by atoms with E-state index in [4.69, 9.17) is 13.9 Å². The van der Waals surface area contributed by atoms with E-state index in [0.29, 0.717) is 28.6 Å². The van der Waals surface area contributed by atoms with E-state index in [1.54, 1.807) is 24.3 Å². The summed E-state index contributed by atoms with van der Waals surface area (Å²) in [4.78, 5) is 25.4. The van der Waals surface area contributed by atoms with Gasteiger partial charge in [0.25, 0.3) is 11.8 Å². The molecule has 176 valence electrons. The molecule has 0 spiro atoms. The Morgan fingerprint density at radius 3 is 2.62 bits per heavy atom. The van der Waals surface area contributed by atoms with Crippen molar-refractivity contribution >= 4 is 34.0 Å². The lowest BCUT2D eigenvalue weighted by atomic mass is 10.0. The highest BCUT2D eigenvalue weighted by atomic mass is 79.9. The van der Waals surface area contributed by atoms with Gasteiger partial charge in [0.1, 0.15) is 17.6 Å². The third kappa shape index (κ3) is 5.31. The van der Waals surface area contributed by atoms with Crippen molar-refractivity contribution in [3.63, 3.8) is 0 Å². The first-order chi connectivity index (χ1) is 16.3. The summed E-state index contributed by atoms with van der Waals surface area (Å²) >= 11 is 3.55. The maximum absolute atomic E-state index is 12.7. The summed E-state index contributed by atoms with van der Waals surface area (Å²) in [7, 11) is 0. The first-order valence-corrected chi connectivity index (χ1v) is 11.5. The largest absolute Gasteiger partial charge is 0.455 e. The molecule has 34 heavy (non-hydrogen) atoms. The van der Waals surface area contributed by atoms with Crippen LogP contribution in [0.1, 0.15) is 35.5 Å². The van der Waals surface area contributed by atoms with Gasteiger partial charge < -0.3 is 19.2 Å². The van der Waals surface area contributed by atoms with Gasteiger partial charge in [-0.15, -0.1) is 0 Å². The molecule has 0 saturated heterocycles. The highest BCUT2D eigenvalue weighted by molar-refractivity contribution is 9.10. The fourth-order valence-corrected chi connectivity index (χ4v) is 4.10. The van der Waals surface area contributed by atoms with Gasteiger partial charge in [0.15, 0.2) is 11.5 Å². The number of aryl methyl sites for hydroxylation is 1. The zero-order valence-electron chi connectivity index (χ0n) is 18.9. The number of carbonyl (C=O) groups excluding carboxylic acids is 2. The number of hydrogen-bond acceptors (Lipinski definition) is 6. The van der Waals surface area contributed by atoms with Crippen molar-refractivity contribution in [2.45, 2.75) is 26.8 Å². The second kappa shape index (κ2) is 10.1. The molecule has 0 radical (unpaired) electrons. The van der Waals surface area contributed by atoms with Crippen molar-refractivity contribution in [2.24, 2.45) is 11.0 Å². The zero-order valence-corrected chi connectivity index (χ0v) is 20.5. The molecule has 2 heterocycles. The number of nitrogens with one attached hydrogen (secondary N) is 2. The Kier molecular flexibility index (Phi) is 7.02. The fourth-order valence-electron chi connectivity index (χ4n) is 3.41. The summed E-state index contributed by atoms with van der Waals surface area (Å²) in [5.74, 6) is 1.24. The van der Waals surface area contributed by atoms with Crippen molar-refractivity contribution < 1.29 is 23.5 Å². The lowest BCUT2D eigenvalue weighted by Crippen LogP contribution is -2.48. The maximum Gasteiger partial charge on any atom is 0.262 e. The van der Waals surface area contributed by atoms with Crippen molar-refractivity contribution in [3.8, 4) is 22.8 Å². The molecule has 0 saturated carbocycles. The maximum atomic E-state index is 12.7. The third-order valence-corrected chi connectivity index (χ3v) is 5.91. The number of hydrazone groups is 1. The van der Waals surface area contributed by atoms with Gasteiger partial charge >= 0.3 is 0 Å². The topological polar surface area (TPSA) is 102 Å². The number of rotatable bonds is 7. The Morgan fingerprint density at radius 2 is 1.85 bits per heavy atom. The SMILES string of the molecule is Cc1ccc(-c2ccc(/C=N\NC(=O)[C@H](NC(=O)c3ccc4c(c3)OCO4)C(C)C)o2)c(Br)c1. The Balaban J connectivity index is 1.38. The van der Waals surface area contributed by atoms with E-state index in [-0.39, 0.29) is 12.7 Å². The van der Waals surface area contributed by atoms with E-state index in [2.05, 4.69) is 31.8 Å². The summed E-state index contributed by atoms with van der Waals surface area (Å²) < 4.78 is 17.3. The third-order valence-electron chi connectivity index (χ3n) is 5.25. The van der Waals surface area contributed by atoms with Crippen LogP contribution in [0.15, 0.2) is 62.5 Å². The molecule has 2 aromatic carbocycles. The monoisotopic (exact) mass is 525 g/mol. The minimum absolute atomic E-state index is 0.120. The van der Waals surface area contributed by atoms with Crippen LogP contribution in [-0.2, 0) is 4.79 Å². The molecule has 1 atom stereocenters. The van der Waals surface area contributed by atoms with Crippen LogP contribution < -0.4 is 20.2 Å². The van der Waals surface area contributed by atoms with Gasteiger partial charge in [-0.1, -0.05) is 35.8 Å². The molecule has 4 rings (SSSR count). The molecular weight excluding hydrogens is 502 g/mol. The number of carbonyl (C=O) groups is 2. The molecule has 9 heteroatoms. The van der Waals surface area contributed by atoms with Gasteiger partial charge in [0.05, 0.1) is 6.21 Å². The Bertz CT molecular complexity index is 1250. The first kappa shape index (κ1) is 23.6. The second-order valence-electron chi connectivity index (χ2n) is 8.18. The molecule has 1 aliphatic heterocycles. The molecule has 0 unspecified atom stereocenters. The second-order valence-corrected chi connectivity index (χ2v) is 9.04. The van der Waals surface area contributed by atoms with Crippen molar-refractivity contribution in [2.75, 3.05) is 6.79 Å². The van der Waals surface area contributed by atoms with E-state index < -0.39 is 17.9 Å². The van der Waals surface area contributed by atoms with E-state index >= 15 is 0 Å². The highest BCUT2D eigenvalue weighted by Gasteiger charge is 2.25. The molecular formula is C25H24BrN3O5. The van der Waals surface area contributed by atoms with E-state index in [0.717, 1.165) is 15.6 Å². The lowest BCUT2D eigenvalue weighted by molar-refractivity contribution is -0.123. The van der Waals surface area contributed by atoms with Gasteiger partial charge in [-0.3, -0.25) is 9.59 Å². The quantitative estimate of drug-likeness (QED) is 0.345. The van der Waals surface area contributed by atoms with Crippen LogP contribution in [0.2, 0.25) is 0 Å². The predicted octanol–water partition coefficient (Wildman–Crippen LogP) is 4.65. The average Bonchev–Trinajstić information content (AvgIpc) is 3.46. The minimum Gasteiger partial charge on any atom is -0.455 e. The summed E-state index contributed by atoms with van der Waals surface area (Å²) in [6.45, 7) is 5.81. The average molecular weight is 526 g/mol. The molecule has 2 amide bonds. The van der Waals surface area contributed by atoms with Crippen LogP contribution in [0.5, 0.6) is 11.5 Å². The van der Waals surface area contributed by atoms with Crippen LogP contribution in [0.3, 0.4) is 0 Å². The Labute approximate surface area is 205 Å². The number of fused-ring (bicyclic) bond motifs is 1. The van der Waals surface area contributed by atoms with Crippen molar-refractivity contribution in [3.05, 3.63) is 69.9 Å². The van der Waals surface area contributed by atoms with Gasteiger partial charge in [-0.05, 0) is 60.9 Å². The van der Waals surface area contributed by atoms with E-state index in [1.165, 1.54) is 6.21 Å². The molecule has 2 N–H and O–H groups in total. The summed E-state index contributed by atoms with van der Waals surface area (Å²) in [6.07, 6.45) is 1.42. The van der Waals surface area contributed by atoms with E-state index in [1.807, 2.05) is 45.0 Å². The zero-order chi connectivity index (χ0) is 24.2. The van der Waals surface area contributed by atoms with Crippen LogP contribution >= 0.6 is 15.9 Å². The number of benzene rings is 2. The number of nitrogens with zero attached hydrogens (tertiary/aromatic N) is 1. The first-order valence-electron chi connectivity index (χ1n) is 10.7. The Morgan fingerprint density at radius 1 is 1.06 bits per heavy atom. The van der Waals surface area contributed by atoms with E-state index in [9.17, 15) is 9.59 Å². The highest BCUT2D eigenvalue weighted by Crippen LogP contribution is 2.32. The molecule has 8 nitrogen and oxygen atoms in total. The van der Waals surface area contributed by atoms with Crippen LogP contribution in [-0.4, -0.2) is 30.9 Å². The van der Waals surface area contributed by atoms with Gasteiger partial charge in [-0.25, -0.2) is 5.43 Å². The summed E-state index contributed by atoms with van der Waals surface area (Å²) in [5, 5.41) is 6.76. The number of ether oxygens (including phenoxy) is 2. The standard InChI is InChI=1S/C25H24BrN3O5/c1-14(2)23(28-24(30)16-5-8-21-22(11-16)33-13-32-21)25(31)29-27-12-17-6-9-20(34-17)18-7-4-15(3)10-19(18)26/h4-12,14,23H,13H2,1-3H3,(H,28,30)(H,29,31)/b27-12-/t23-/m1/s1. The smallest absolute Gasteiger partial charge is 0.262 e. The van der Waals surface area contributed by atoms with Crippen molar-refractivity contribution in [1.29, 1.82) is 0 Å². The predicted molar refractivity (Wildman–Crippen MR) is 131 cm³/mol. The normalized spacial score (nSPS) is 13.3. The number of halogens is 1. The fraction of sp³-hybridized carbons (Fsp3) is 0.240. The minimum atomic E-state index is -0.786. The van der Waals surface area contributed by atoms with Gasteiger partial charge in [0, 0.05) is 15.6 Å². The summed E-state index contributed by atoms with van der Waals surface area (Å²) in [5.41, 5.74) is 4.91. The molecule has 0 bridgehead atoms. The number of furan rings is 1. The molecule has 3 aromatic rings. The lowest BCUT2D eigenvalue weighted by Gasteiger charge is -2.20. The Hall–Kier alpha value is -3.59. The molecule has 1 aromatic heterocycles.